The highest BCUT2D eigenvalue weighted by Crippen LogP contribution is 2.27. The molecule has 4 heteroatoms. The second-order valence-electron chi connectivity index (χ2n) is 4.87. The van der Waals surface area contributed by atoms with Crippen molar-refractivity contribution in [2.24, 2.45) is 5.92 Å². The number of aromatic nitrogens is 1. The van der Waals surface area contributed by atoms with Crippen LogP contribution in [0.2, 0.25) is 0 Å². The molecule has 0 radical (unpaired) electrons. The van der Waals surface area contributed by atoms with Crippen molar-refractivity contribution in [2.75, 3.05) is 17.2 Å². The molecule has 1 fully saturated rings. The number of amides is 1. The maximum atomic E-state index is 11.8. The van der Waals surface area contributed by atoms with E-state index in [0.717, 1.165) is 18.1 Å². The standard InChI is InChI=1S/C14H21N3O/c1-2-15-13-8-7-12(10-16-13)17-14(18)9-11-5-3-4-6-11/h7-8,10-11H,2-6,9H2,1H3,(H,15,16)(H,17,18). The van der Waals surface area contributed by atoms with Crippen LogP contribution in [0, 0.1) is 5.92 Å². The zero-order chi connectivity index (χ0) is 12.8. The van der Waals surface area contributed by atoms with Crippen LogP contribution in [0.3, 0.4) is 0 Å². The summed E-state index contributed by atoms with van der Waals surface area (Å²) in [7, 11) is 0. The van der Waals surface area contributed by atoms with Gasteiger partial charge in [0.15, 0.2) is 0 Å². The Morgan fingerprint density at radius 1 is 1.39 bits per heavy atom. The maximum Gasteiger partial charge on any atom is 0.224 e. The molecule has 0 aromatic carbocycles. The average molecular weight is 247 g/mol. The van der Waals surface area contributed by atoms with Crippen molar-refractivity contribution in [1.82, 2.24) is 4.98 Å². The molecule has 18 heavy (non-hydrogen) atoms. The fraction of sp³-hybridized carbons (Fsp3) is 0.571. The molecular weight excluding hydrogens is 226 g/mol. The summed E-state index contributed by atoms with van der Waals surface area (Å²) in [5, 5.41) is 6.03. The quantitative estimate of drug-likeness (QED) is 0.841. The van der Waals surface area contributed by atoms with Crippen LogP contribution in [0.15, 0.2) is 18.3 Å². The lowest BCUT2D eigenvalue weighted by atomic mass is 10.0. The molecule has 1 amide bonds. The van der Waals surface area contributed by atoms with Crippen molar-refractivity contribution in [3.63, 3.8) is 0 Å². The van der Waals surface area contributed by atoms with Crippen molar-refractivity contribution >= 4 is 17.4 Å². The van der Waals surface area contributed by atoms with Gasteiger partial charge in [0.2, 0.25) is 5.91 Å². The Balaban J connectivity index is 1.82. The van der Waals surface area contributed by atoms with E-state index in [1.54, 1.807) is 6.20 Å². The Bertz CT molecular complexity index is 383. The molecule has 0 unspecified atom stereocenters. The van der Waals surface area contributed by atoms with Gasteiger partial charge in [-0.25, -0.2) is 4.98 Å². The van der Waals surface area contributed by atoms with Gasteiger partial charge in [0.1, 0.15) is 5.82 Å². The lowest BCUT2D eigenvalue weighted by molar-refractivity contribution is -0.117. The van der Waals surface area contributed by atoms with Crippen molar-refractivity contribution < 1.29 is 4.79 Å². The molecule has 98 valence electrons. The van der Waals surface area contributed by atoms with Crippen LogP contribution < -0.4 is 10.6 Å². The van der Waals surface area contributed by atoms with E-state index in [1.165, 1.54) is 25.7 Å². The number of anilines is 2. The molecule has 0 saturated heterocycles. The Kier molecular flexibility index (Phi) is 4.56. The number of nitrogens with one attached hydrogen (secondary N) is 2. The Morgan fingerprint density at radius 2 is 2.17 bits per heavy atom. The lowest BCUT2D eigenvalue weighted by Gasteiger charge is -2.10. The van der Waals surface area contributed by atoms with Gasteiger partial charge in [-0.2, -0.15) is 0 Å². The summed E-state index contributed by atoms with van der Waals surface area (Å²) in [5.74, 6) is 1.53. The van der Waals surface area contributed by atoms with E-state index in [2.05, 4.69) is 15.6 Å². The molecule has 1 aliphatic rings. The monoisotopic (exact) mass is 247 g/mol. The summed E-state index contributed by atoms with van der Waals surface area (Å²) < 4.78 is 0. The van der Waals surface area contributed by atoms with Gasteiger partial charge in [-0.1, -0.05) is 12.8 Å². The van der Waals surface area contributed by atoms with Crippen LogP contribution in [-0.2, 0) is 4.79 Å². The zero-order valence-electron chi connectivity index (χ0n) is 10.9. The Labute approximate surface area is 108 Å². The van der Waals surface area contributed by atoms with E-state index in [-0.39, 0.29) is 5.91 Å². The highest BCUT2D eigenvalue weighted by atomic mass is 16.1. The van der Waals surface area contributed by atoms with Crippen LogP contribution in [0.5, 0.6) is 0 Å². The molecule has 1 aliphatic carbocycles. The van der Waals surface area contributed by atoms with Crippen LogP contribution >= 0.6 is 0 Å². The minimum atomic E-state index is 0.111. The molecular formula is C14H21N3O. The summed E-state index contributed by atoms with van der Waals surface area (Å²) in [4.78, 5) is 16.1. The summed E-state index contributed by atoms with van der Waals surface area (Å²) >= 11 is 0. The highest BCUT2D eigenvalue weighted by Gasteiger charge is 2.18. The zero-order valence-corrected chi connectivity index (χ0v) is 10.9. The van der Waals surface area contributed by atoms with Crippen LogP contribution in [0.4, 0.5) is 11.5 Å². The van der Waals surface area contributed by atoms with Gasteiger partial charge in [-0.15, -0.1) is 0 Å². The summed E-state index contributed by atoms with van der Waals surface area (Å²) in [5.41, 5.74) is 0.777. The average Bonchev–Trinajstić information content (AvgIpc) is 2.84. The molecule has 0 spiro atoms. The van der Waals surface area contributed by atoms with Gasteiger partial charge >= 0.3 is 0 Å². The molecule has 0 aliphatic heterocycles. The van der Waals surface area contributed by atoms with Crippen molar-refractivity contribution in [3.8, 4) is 0 Å². The number of hydrogen-bond acceptors (Lipinski definition) is 3. The van der Waals surface area contributed by atoms with Crippen LogP contribution in [0.1, 0.15) is 39.0 Å². The molecule has 1 saturated carbocycles. The van der Waals surface area contributed by atoms with Gasteiger partial charge in [0.05, 0.1) is 11.9 Å². The van der Waals surface area contributed by atoms with E-state index >= 15 is 0 Å². The summed E-state index contributed by atoms with van der Waals surface area (Å²) in [6.07, 6.45) is 7.29. The molecule has 1 aromatic rings. The van der Waals surface area contributed by atoms with E-state index in [0.29, 0.717) is 12.3 Å². The molecule has 4 nitrogen and oxygen atoms in total. The van der Waals surface area contributed by atoms with Gasteiger partial charge in [0, 0.05) is 13.0 Å². The number of carbonyl (C=O) groups excluding carboxylic acids is 1. The number of rotatable bonds is 5. The third-order valence-corrected chi connectivity index (χ3v) is 3.35. The molecule has 1 heterocycles. The van der Waals surface area contributed by atoms with E-state index in [1.807, 2.05) is 19.1 Å². The minimum Gasteiger partial charge on any atom is -0.370 e. The van der Waals surface area contributed by atoms with Gasteiger partial charge in [-0.05, 0) is 37.8 Å². The smallest absolute Gasteiger partial charge is 0.224 e. The van der Waals surface area contributed by atoms with E-state index < -0.39 is 0 Å². The SMILES string of the molecule is CCNc1ccc(NC(=O)CC2CCCC2)cn1. The highest BCUT2D eigenvalue weighted by molar-refractivity contribution is 5.90. The molecule has 0 atom stereocenters. The maximum absolute atomic E-state index is 11.8. The van der Waals surface area contributed by atoms with Crippen LogP contribution in [-0.4, -0.2) is 17.4 Å². The second-order valence-corrected chi connectivity index (χ2v) is 4.87. The van der Waals surface area contributed by atoms with Crippen molar-refractivity contribution in [3.05, 3.63) is 18.3 Å². The first kappa shape index (κ1) is 12.9. The van der Waals surface area contributed by atoms with Gasteiger partial charge < -0.3 is 10.6 Å². The first-order valence-electron chi connectivity index (χ1n) is 6.77. The third-order valence-electron chi connectivity index (χ3n) is 3.35. The normalized spacial score (nSPS) is 15.6. The van der Waals surface area contributed by atoms with E-state index in [4.69, 9.17) is 0 Å². The molecule has 0 bridgehead atoms. The minimum absolute atomic E-state index is 0.111. The second kappa shape index (κ2) is 6.38. The predicted molar refractivity (Wildman–Crippen MR) is 73.6 cm³/mol. The number of nitrogens with zero attached hydrogens (tertiary/aromatic N) is 1. The Hall–Kier alpha value is -1.58. The van der Waals surface area contributed by atoms with Crippen molar-refractivity contribution in [1.29, 1.82) is 0 Å². The topological polar surface area (TPSA) is 54.0 Å². The number of carbonyl (C=O) groups is 1. The predicted octanol–water partition coefficient (Wildman–Crippen LogP) is 3.03. The molecule has 2 rings (SSSR count). The van der Waals surface area contributed by atoms with Gasteiger partial charge in [-0.3, -0.25) is 4.79 Å². The Morgan fingerprint density at radius 3 is 2.78 bits per heavy atom. The molecule has 2 N–H and O–H groups in total. The molecule has 1 aromatic heterocycles. The van der Waals surface area contributed by atoms with Crippen LogP contribution in [0.25, 0.3) is 0 Å². The van der Waals surface area contributed by atoms with Crippen molar-refractivity contribution in [2.45, 2.75) is 39.0 Å². The van der Waals surface area contributed by atoms with E-state index in [9.17, 15) is 4.79 Å². The van der Waals surface area contributed by atoms with Gasteiger partial charge in [0.25, 0.3) is 0 Å². The third kappa shape index (κ3) is 3.72. The number of pyridine rings is 1. The number of hydrogen-bond donors (Lipinski definition) is 2. The fourth-order valence-electron chi connectivity index (χ4n) is 2.44. The first-order valence-corrected chi connectivity index (χ1v) is 6.77. The summed E-state index contributed by atoms with van der Waals surface area (Å²) in [6, 6.07) is 3.77. The fourth-order valence-corrected chi connectivity index (χ4v) is 2.44. The first-order chi connectivity index (χ1) is 8.78. The largest absolute Gasteiger partial charge is 0.370 e. The summed E-state index contributed by atoms with van der Waals surface area (Å²) in [6.45, 7) is 2.87. The lowest BCUT2D eigenvalue weighted by Crippen LogP contribution is -2.15.